The van der Waals surface area contributed by atoms with E-state index >= 15 is 0 Å². The van der Waals surface area contributed by atoms with Crippen LogP contribution in [0.5, 0.6) is 0 Å². The van der Waals surface area contributed by atoms with E-state index in [9.17, 15) is 4.39 Å². The van der Waals surface area contributed by atoms with Gasteiger partial charge in [-0.25, -0.2) is 4.39 Å². The van der Waals surface area contributed by atoms with E-state index in [0.717, 1.165) is 11.1 Å². The summed E-state index contributed by atoms with van der Waals surface area (Å²) in [5.41, 5.74) is 3.70. The molecule has 2 rings (SSSR count). The number of benzene rings is 2. The molecule has 0 N–H and O–H groups in total. The van der Waals surface area contributed by atoms with Crippen molar-refractivity contribution in [2.45, 2.75) is 19.8 Å². The maximum Gasteiger partial charge on any atom is 0.131 e. The third-order valence-corrected chi connectivity index (χ3v) is 3.09. The van der Waals surface area contributed by atoms with Gasteiger partial charge in [-0.3, -0.25) is 0 Å². The zero-order valence-electron chi connectivity index (χ0n) is 10.8. The summed E-state index contributed by atoms with van der Waals surface area (Å²) >= 11 is 0. The predicted octanol–water partition coefficient (Wildman–Crippen LogP) is 5.26. The van der Waals surface area contributed by atoms with Crippen molar-refractivity contribution in [2.24, 2.45) is 0 Å². The molecule has 0 radical (unpaired) electrons. The van der Waals surface area contributed by atoms with Crippen molar-refractivity contribution < 1.29 is 4.39 Å². The SMILES string of the molecule is C=Cc1ccc(F)c(-c2cccc(C(C)C)c2)c1. The minimum absolute atomic E-state index is 0.193. The molecule has 0 saturated carbocycles. The zero-order chi connectivity index (χ0) is 13.1. The van der Waals surface area contributed by atoms with Crippen LogP contribution in [0.15, 0.2) is 49.0 Å². The average molecular weight is 240 g/mol. The van der Waals surface area contributed by atoms with Gasteiger partial charge in [-0.2, -0.15) is 0 Å². The summed E-state index contributed by atoms with van der Waals surface area (Å²) in [5, 5.41) is 0. The maximum absolute atomic E-state index is 13.9. The molecule has 0 aliphatic heterocycles. The second-order valence-corrected chi connectivity index (χ2v) is 4.72. The molecule has 0 aliphatic carbocycles. The third-order valence-electron chi connectivity index (χ3n) is 3.09. The average Bonchev–Trinajstić information content (AvgIpc) is 2.39. The number of halogens is 1. The number of hydrogen-bond donors (Lipinski definition) is 0. The molecule has 2 aromatic carbocycles. The van der Waals surface area contributed by atoms with E-state index in [2.05, 4.69) is 32.6 Å². The molecule has 0 amide bonds. The summed E-state index contributed by atoms with van der Waals surface area (Å²) in [6, 6.07) is 13.1. The molecule has 0 bridgehead atoms. The van der Waals surface area contributed by atoms with Crippen LogP contribution < -0.4 is 0 Å². The van der Waals surface area contributed by atoms with E-state index in [1.165, 1.54) is 11.6 Å². The van der Waals surface area contributed by atoms with Gasteiger partial charge in [-0.05, 0) is 34.7 Å². The Balaban J connectivity index is 2.54. The van der Waals surface area contributed by atoms with Crippen LogP contribution in [0.2, 0.25) is 0 Å². The van der Waals surface area contributed by atoms with Gasteiger partial charge in [0.1, 0.15) is 5.82 Å². The highest BCUT2D eigenvalue weighted by Gasteiger charge is 2.07. The van der Waals surface area contributed by atoms with Gasteiger partial charge in [0.25, 0.3) is 0 Å². The fraction of sp³-hybridized carbons (Fsp3) is 0.176. The highest BCUT2D eigenvalue weighted by molar-refractivity contribution is 5.68. The lowest BCUT2D eigenvalue weighted by Crippen LogP contribution is -1.90. The molecule has 0 heterocycles. The van der Waals surface area contributed by atoms with Crippen molar-refractivity contribution in [3.8, 4) is 11.1 Å². The van der Waals surface area contributed by atoms with E-state index < -0.39 is 0 Å². The minimum atomic E-state index is -0.193. The predicted molar refractivity (Wildman–Crippen MR) is 76.0 cm³/mol. The van der Waals surface area contributed by atoms with E-state index in [1.807, 2.05) is 18.2 Å². The molecule has 2 aromatic rings. The molecule has 0 aliphatic rings. The second kappa shape index (κ2) is 5.18. The van der Waals surface area contributed by atoms with Crippen molar-refractivity contribution >= 4 is 6.08 Å². The molecular weight excluding hydrogens is 223 g/mol. The van der Waals surface area contributed by atoms with Gasteiger partial charge < -0.3 is 0 Å². The topological polar surface area (TPSA) is 0 Å². The molecule has 0 nitrogen and oxygen atoms in total. The third kappa shape index (κ3) is 2.51. The van der Waals surface area contributed by atoms with Gasteiger partial charge in [0.15, 0.2) is 0 Å². The Morgan fingerprint density at radius 2 is 1.89 bits per heavy atom. The van der Waals surface area contributed by atoms with Crippen molar-refractivity contribution in [2.75, 3.05) is 0 Å². The van der Waals surface area contributed by atoms with E-state index in [0.29, 0.717) is 11.5 Å². The van der Waals surface area contributed by atoms with Gasteiger partial charge in [-0.15, -0.1) is 0 Å². The van der Waals surface area contributed by atoms with Crippen molar-refractivity contribution in [3.05, 3.63) is 66.0 Å². The Morgan fingerprint density at radius 3 is 2.56 bits per heavy atom. The summed E-state index contributed by atoms with van der Waals surface area (Å²) < 4.78 is 13.9. The summed E-state index contributed by atoms with van der Waals surface area (Å²) in [6.45, 7) is 7.99. The first-order valence-corrected chi connectivity index (χ1v) is 6.14. The van der Waals surface area contributed by atoms with Crippen LogP contribution in [-0.4, -0.2) is 0 Å². The van der Waals surface area contributed by atoms with Crippen LogP contribution in [0.3, 0.4) is 0 Å². The first kappa shape index (κ1) is 12.6. The fourth-order valence-electron chi connectivity index (χ4n) is 1.96. The Bertz CT molecular complexity index is 568. The van der Waals surface area contributed by atoms with Crippen molar-refractivity contribution in [1.29, 1.82) is 0 Å². The van der Waals surface area contributed by atoms with E-state index in [1.54, 1.807) is 12.1 Å². The lowest BCUT2D eigenvalue weighted by Gasteiger charge is -2.09. The second-order valence-electron chi connectivity index (χ2n) is 4.72. The highest BCUT2D eigenvalue weighted by Crippen LogP contribution is 2.27. The smallest absolute Gasteiger partial charge is 0.131 e. The molecular formula is C17H17F. The molecule has 0 spiro atoms. The Labute approximate surface area is 108 Å². The molecule has 1 heteroatoms. The molecule has 0 atom stereocenters. The van der Waals surface area contributed by atoms with Gasteiger partial charge in [0.05, 0.1) is 0 Å². The van der Waals surface area contributed by atoms with Crippen molar-refractivity contribution in [1.82, 2.24) is 0 Å². The fourth-order valence-corrected chi connectivity index (χ4v) is 1.96. The lowest BCUT2D eigenvalue weighted by atomic mass is 9.96. The first-order chi connectivity index (χ1) is 8.61. The van der Waals surface area contributed by atoms with Crippen LogP contribution in [0.25, 0.3) is 17.2 Å². The Kier molecular flexibility index (Phi) is 3.61. The summed E-state index contributed by atoms with van der Waals surface area (Å²) in [6.07, 6.45) is 1.73. The van der Waals surface area contributed by atoms with Gasteiger partial charge >= 0.3 is 0 Å². The number of rotatable bonds is 3. The quantitative estimate of drug-likeness (QED) is 0.686. The number of hydrogen-bond acceptors (Lipinski definition) is 0. The standard InChI is InChI=1S/C17H17F/c1-4-13-8-9-17(18)16(10-13)15-7-5-6-14(11-15)12(2)3/h4-12H,1H2,2-3H3. The highest BCUT2D eigenvalue weighted by atomic mass is 19.1. The van der Waals surface area contributed by atoms with Crippen LogP contribution >= 0.6 is 0 Å². The van der Waals surface area contributed by atoms with E-state index in [-0.39, 0.29) is 5.82 Å². The zero-order valence-corrected chi connectivity index (χ0v) is 10.8. The van der Waals surface area contributed by atoms with E-state index in [4.69, 9.17) is 0 Å². The molecule has 0 fully saturated rings. The summed E-state index contributed by atoms with van der Waals surface area (Å²) in [7, 11) is 0. The van der Waals surface area contributed by atoms with Gasteiger partial charge in [0, 0.05) is 5.56 Å². The molecule has 0 aromatic heterocycles. The largest absolute Gasteiger partial charge is 0.206 e. The van der Waals surface area contributed by atoms with Gasteiger partial charge in [-0.1, -0.05) is 56.8 Å². The molecule has 92 valence electrons. The summed E-state index contributed by atoms with van der Waals surface area (Å²) in [4.78, 5) is 0. The molecule has 0 saturated heterocycles. The lowest BCUT2D eigenvalue weighted by molar-refractivity contribution is 0.631. The monoisotopic (exact) mass is 240 g/mol. The van der Waals surface area contributed by atoms with Crippen molar-refractivity contribution in [3.63, 3.8) is 0 Å². The van der Waals surface area contributed by atoms with Crippen LogP contribution in [0, 0.1) is 5.82 Å². The Hall–Kier alpha value is -1.89. The Morgan fingerprint density at radius 1 is 1.11 bits per heavy atom. The molecule has 0 unspecified atom stereocenters. The van der Waals surface area contributed by atoms with Gasteiger partial charge in [0.2, 0.25) is 0 Å². The maximum atomic E-state index is 13.9. The normalized spacial score (nSPS) is 10.7. The summed E-state index contributed by atoms with van der Waals surface area (Å²) in [5.74, 6) is 0.247. The first-order valence-electron chi connectivity index (χ1n) is 6.14. The van der Waals surface area contributed by atoms with Crippen LogP contribution in [0.1, 0.15) is 30.9 Å². The van der Waals surface area contributed by atoms with Crippen LogP contribution in [-0.2, 0) is 0 Å². The minimum Gasteiger partial charge on any atom is -0.206 e. The molecule has 18 heavy (non-hydrogen) atoms. The van der Waals surface area contributed by atoms with Crippen LogP contribution in [0.4, 0.5) is 4.39 Å².